The molecular formula is C70H46B2N6S2. The number of aromatic nitrogens is 2. The van der Waals surface area contributed by atoms with Crippen molar-refractivity contribution in [3.8, 4) is 11.4 Å². The zero-order valence-corrected chi connectivity index (χ0v) is 44.8. The summed E-state index contributed by atoms with van der Waals surface area (Å²) in [6.07, 6.45) is 3.69. The van der Waals surface area contributed by atoms with Gasteiger partial charge in [0.2, 0.25) is 13.4 Å². The maximum atomic E-state index is 4.92. The molecule has 11 aromatic carbocycles. The van der Waals surface area contributed by atoms with Gasteiger partial charge in [0.15, 0.2) is 5.82 Å². The molecule has 0 bridgehead atoms. The van der Waals surface area contributed by atoms with E-state index in [1.807, 2.05) is 42.0 Å². The van der Waals surface area contributed by atoms with Crippen molar-refractivity contribution < 1.29 is 0 Å². The molecular weight excluding hydrogens is 1010 g/mol. The highest BCUT2D eigenvalue weighted by Gasteiger charge is 2.46. The molecule has 0 unspecified atom stereocenters. The Balaban J connectivity index is 0.984. The molecule has 4 aliphatic rings. The topological polar surface area (TPSA) is 38.7 Å². The first kappa shape index (κ1) is 46.6. The van der Waals surface area contributed by atoms with Crippen LogP contribution in [0.1, 0.15) is 0 Å². The first-order chi connectivity index (χ1) is 39.7. The van der Waals surface area contributed by atoms with Crippen molar-refractivity contribution in [3.05, 3.63) is 279 Å². The second-order valence-electron chi connectivity index (χ2n) is 20.5. The lowest BCUT2D eigenvalue weighted by atomic mass is 9.31. The van der Waals surface area contributed by atoms with Gasteiger partial charge in [-0.15, -0.1) is 0 Å². The fourth-order valence-corrected chi connectivity index (χ4v) is 15.1. The van der Waals surface area contributed by atoms with Crippen molar-refractivity contribution in [2.75, 3.05) is 19.6 Å². The molecule has 1 aromatic heterocycles. The van der Waals surface area contributed by atoms with Gasteiger partial charge >= 0.3 is 0 Å². The third-order valence-corrected chi connectivity index (χ3v) is 18.3. The molecule has 80 heavy (non-hydrogen) atoms. The van der Waals surface area contributed by atoms with Crippen LogP contribution in [0.15, 0.2) is 299 Å². The fourth-order valence-electron chi connectivity index (χ4n) is 12.7. The highest BCUT2D eigenvalue weighted by atomic mass is 32.2. The standard InChI is InChI=1S/C70H46B2N6S2/c1-6-23-47(24-7-1)75(48-25-8-2-9-26-48)52-41-62-68-67(44-52)80-65-46-61-57(45-58(65)71(68)55-34-17-20-37-60(55)77(62)51-31-14-5-15-32-51)72-56-35-18-21-38-64(56)79-66-43-53(76(49-27-10-3-11-28-49)50-29-12-4-13-30-50)42-63(69(66)72)78(61)59-36-19-16-33-54(59)70-73-39-22-40-74-70/h1-46H. The van der Waals surface area contributed by atoms with E-state index < -0.39 is 0 Å². The molecule has 16 rings (SSSR count). The molecule has 10 heteroatoms. The molecule has 12 aromatic rings. The summed E-state index contributed by atoms with van der Waals surface area (Å²) >= 11 is 3.77. The maximum absolute atomic E-state index is 4.92. The van der Waals surface area contributed by atoms with Gasteiger partial charge in [-0.3, -0.25) is 0 Å². The van der Waals surface area contributed by atoms with E-state index in [9.17, 15) is 0 Å². The number of nitrogens with zero attached hydrogens (tertiary/aromatic N) is 6. The number of hydrogen-bond acceptors (Lipinski definition) is 8. The van der Waals surface area contributed by atoms with Gasteiger partial charge in [-0.25, -0.2) is 9.97 Å². The van der Waals surface area contributed by atoms with Crippen molar-refractivity contribution in [1.29, 1.82) is 0 Å². The van der Waals surface area contributed by atoms with Crippen LogP contribution in [0.2, 0.25) is 0 Å². The molecule has 0 N–H and O–H groups in total. The molecule has 0 aliphatic carbocycles. The SMILES string of the molecule is c1ccc(N(c2ccccc2)c2cc3c4c(c2)N(c2ccccc2)c2ccccc2B4c2cc4c(cc2S3)N(c2ccccc2-c2ncccn2)c2cc(N(c3ccccc3)c3ccccc3)cc3c2B4c2ccccc2S3)cc1. The Labute approximate surface area is 474 Å². The lowest BCUT2D eigenvalue weighted by molar-refractivity contribution is 1.16. The summed E-state index contributed by atoms with van der Waals surface area (Å²) in [6, 6.07) is 97.6. The summed E-state index contributed by atoms with van der Waals surface area (Å²) in [6.45, 7) is -0.128. The van der Waals surface area contributed by atoms with E-state index in [4.69, 9.17) is 9.97 Å². The highest BCUT2D eigenvalue weighted by Crippen LogP contribution is 2.51. The number of para-hydroxylation sites is 7. The molecule has 0 spiro atoms. The predicted molar refractivity (Wildman–Crippen MR) is 337 cm³/mol. The largest absolute Gasteiger partial charge is 0.311 e. The normalized spacial score (nSPS) is 13.1. The van der Waals surface area contributed by atoms with Crippen molar-refractivity contribution >= 4 is 138 Å². The smallest absolute Gasteiger partial charge is 0.249 e. The van der Waals surface area contributed by atoms with Gasteiger partial charge in [-0.05, 0) is 143 Å². The van der Waals surface area contributed by atoms with Gasteiger partial charge in [0, 0.05) is 100 Å². The quantitative estimate of drug-likeness (QED) is 0.132. The molecule has 0 atom stereocenters. The van der Waals surface area contributed by atoms with Crippen LogP contribution in [0.5, 0.6) is 0 Å². The Hall–Kier alpha value is -9.47. The Morgan fingerprint density at radius 1 is 0.300 bits per heavy atom. The zero-order chi connectivity index (χ0) is 52.7. The average molecular weight is 1060 g/mol. The first-order valence-electron chi connectivity index (χ1n) is 27.1. The summed E-state index contributed by atoms with van der Waals surface area (Å²) < 4.78 is 0. The van der Waals surface area contributed by atoms with Gasteiger partial charge in [0.05, 0.1) is 5.69 Å². The predicted octanol–water partition coefficient (Wildman–Crippen LogP) is 14.6. The molecule has 6 nitrogen and oxygen atoms in total. The van der Waals surface area contributed by atoms with Crippen LogP contribution in [0.3, 0.4) is 0 Å². The monoisotopic (exact) mass is 1060 g/mol. The molecule has 0 amide bonds. The molecule has 0 saturated heterocycles. The van der Waals surface area contributed by atoms with E-state index in [0.717, 1.165) is 62.4 Å². The Bertz CT molecular complexity index is 4270. The van der Waals surface area contributed by atoms with Crippen molar-refractivity contribution in [3.63, 3.8) is 0 Å². The van der Waals surface area contributed by atoms with Gasteiger partial charge in [0.25, 0.3) is 0 Å². The van der Waals surface area contributed by atoms with Crippen molar-refractivity contribution in [2.24, 2.45) is 0 Å². The molecule has 5 heterocycles. The minimum Gasteiger partial charge on any atom is -0.311 e. The second-order valence-corrected chi connectivity index (χ2v) is 22.6. The van der Waals surface area contributed by atoms with Crippen LogP contribution in [-0.2, 0) is 0 Å². The fraction of sp³-hybridized carbons (Fsp3) is 0. The Morgan fingerprint density at radius 2 is 0.762 bits per heavy atom. The molecule has 374 valence electrons. The summed E-state index contributed by atoms with van der Waals surface area (Å²) in [7, 11) is 0. The number of rotatable bonds is 9. The second kappa shape index (κ2) is 19.2. The third kappa shape index (κ3) is 7.54. The molecule has 0 fully saturated rings. The van der Waals surface area contributed by atoms with Crippen LogP contribution in [0.25, 0.3) is 11.4 Å². The van der Waals surface area contributed by atoms with Crippen LogP contribution < -0.4 is 52.4 Å². The zero-order valence-electron chi connectivity index (χ0n) is 43.2. The Morgan fingerprint density at radius 3 is 1.35 bits per heavy atom. The molecule has 0 saturated carbocycles. The van der Waals surface area contributed by atoms with Gasteiger partial charge < -0.3 is 19.6 Å². The van der Waals surface area contributed by atoms with E-state index in [0.29, 0.717) is 5.82 Å². The van der Waals surface area contributed by atoms with Crippen LogP contribution >= 0.6 is 23.5 Å². The third-order valence-electron chi connectivity index (χ3n) is 16.0. The summed E-state index contributed by atoms with van der Waals surface area (Å²) in [4.78, 5) is 24.6. The number of benzene rings is 11. The number of hydrogen-bond donors (Lipinski definition) is 0. The van der Waals surface area contributed by atoms with Crippen LogP contribution in [-0.4, -0.2) is 23.4 Å². The van der Waals surface area contributed by atoms with Gasteiger partial charge in [-0.2, -0.15) is 0 Å². The first-order valence-corrected chi connectivity index (χ1v) is 28.7. The molecule has 4 aliphatic heterocycles. The van der Waals surface area contributed by atoms with E-state index in [-0.39, 0.29) is 13.4 Å². The van der Waals surface area contributed by atoms with E-state index >= 15 is 0 Å². The summed E-state index contributed by atoms with van der Waals surface area (Å²) in [5.41, 5.74) is 22.1. The van der Waals surface area contributed by atoms with Crippen LogP contribution in [0, 0.1) is 0 Å². The van der Waals surface area contributed by atoms with Crippen LogP contribution in [0.4, 0.5) is 68.2 Å². The average Bonchev–Trinajstić information content (AvgIpc) is 3.51. The molecule has 0 radical (unpaired) electrons. The minimum absolute atomic E-state index is 0.0612. The van der Waals surface area contributed by atoms with Crippen molar-refractivity contribution in [2.45, 2.75) is 19.6 Å². The lowest BCUT2D eigenvalue weighted by Gasteiger charge is -2.44. The highest BCUT2D eigenvalue weighted by molar-refractivity contribution is 8.00. The lowest BCUT2D eigenvalue weighted by Crippen LogP contribution is -2.64. The maximum Gasteiger partial charge on any atom is 0.249 e. The Kier molecular flexibility index (Phi) is 11.2. The van der Waals surface area contributed by atoms with Crippen molar-refractivity contribution in [1.82, 2.24) is 9.97 Å². The van der Waals surface area contributed by atoms with Gasteiger partial charge in [0.1, 0.15) is 0 Å². The summed E-state index contributed by atoms with van der Waals surface area (Å²) in [5.74, 6) is 0.677. The van der Waals surface area contributed by atoms with E-state index in [1.54, 1.807) is 0 Å². The number of fused-ring (bicyclic) bond motifs is 8. The van der Waals surface area contributed by atoms with Gasteiger partial charge in [-0.1, -0.05) is 180 Å². The summed E-state index contributed by atoms with van der Waals surface area (Å²) in [5, 5.41) is 0. The number of anilines is 12. The van der Waals surface area contributed by atoms with E-state index in [2.05, 4.69) is 280 Å². The minimum atomic E-state index is -0.0664. The van der Waals surface area contributed by atoms with E-state index in [1.165, 1.54) is 63.7 Å².